The van der Waals surface area contributed by atoms with Crippen LogP contribution in [0.1, 0.15) is 25.7 Å². The van der Waals surface area contributed by atoms with Crippen molar-refractivity contribution in [3.05, 3.63) is 0 Å². The molecular weight excluding hydrogens is 162 g/mol. The van der Waals surface area contributed by atoms with Crippen LogP contribution in [0.2, 0.25) is 0 Å². The van der Waals surface area contributed by atoms with Crippen molar-refractivity contribution in [2.24, 2.45) is 5.41 Å². The van der Waals surface area contributed by atoms with Crippen molar-refractivity contribution in [3.63, 3.8) is 0 Å². The highest BCUT2D eigenvalue weighted by molar-refractivity contribution is 5.85. The average Bonchev–Trinajstić information content (AvgIpc) is 2.27. The molecule has 0 radical (unpaired) electrons. The van der Waals surface area contributed by atoms with Gasteiger partial charge in [-0.2, -0.15) is 0 Å². The van der Waals surface area contributed by atoms with Crippen LogP contribution in [0.15, 0.2) is 0 Å². The van der Waals surface area contributed by atoms with Crippen LogP contribution in [-0.4, -0.2) is 24.3 Å². The maximum Gasteiger partial charge on any atom is 0.0590 e. The third kappa shape index (κ3) is 1.28. The van der Waals surface area contributed by atoms with Gasteiger partial charge in [-0.1, -0.05) is 6.42 Å². The van der Waals surface area contributed by atoms with Gasteiger partial charge in [-0.25, -0.2) is 0 Å². The lowest BCUT2D eigenvalue weighted by Crippen LogP contribution is -2.44. The third-order valence-electron chi connectivity index (χ3n) is 3.28. The van der Waals surface area contributed by atoms with E-state index in [2.05, 4.69) is 5.32 Å². The number of aliphatic hydroxyl groups excluding tert-OH is 1. The van der Waals surface area contributed by atoms with Gasteiger partial charge in [-0.05, 0) is 31.2 Å². The lowest BCUT2D eigenvalue weighted by Gasteiger charge is -2.42. The summed E-state index contributed by atoms with van der Waals surface area (Å²) in [7, 11) is 0. The van der Waals surface area contributed by atoms with Crippen molar-refractivity contribution in [2.45, 2.75) is 31.7 Å². The van der Waals surface area contributed by atoms with E-state index in [1.807, 2.05) is 0 Å². The molecule has 66 valence electrons. The molecule has 0 amide bonds. The summed E-state index contributed by atoms with van der Waals surface area (Å²) in [5.74, 6) is 0. The van der Waals surface area contributed by atoms with Gasteiger partial charge in [-0.15, -0.1) is 12.4 Å². The van der Waals surface area contributed by atoms with E-state index >= 15 is 0 Å². The second kappa shape index (κ2) is 3.30. The standard InChI is InChI=1S/C8H15NO.ClH/c10-6-7-8(2-1-3-8)4-5-9-7;/h7,9-10H,1-6H2;1H. The van der Waals surface area contributed by atoms with Crippen LogP contribution in [0, 0.1) is 5.41 Å². The Morgan fingerprint density at radius 3 is 2.45 bits per heavy atom. The molecule has 2 fully saturated rings. The minimum absolute atomic E-state index is 0. The first-order valence-corrected chi connectivity index (χ1v) is 4.22. The predicted molar refractivity (Wildman–Crippen MR) is 47.0 cm³/mol. The zero-order chi connectivity index (χ0) is 7.03. The Hall–Kier alpha value is 0.210. The van der Waals surface area contributed by atoms with E-state index in [1.165, 1.54) is 25.7 Å². The lowest BCUT2D eigenvalue weighted by atomic mass is 9.64. The van der Waals surface area contributed by atoms with E-state index < -0.39 is 0 Å². The monoisotopic (exact) mass is 177 g/mol. The highest BCUT2D eigenvalue weighted by Gasteiger charge is 2.46. The SMILES string of the molecule is Cl.OCC1NCCC12CCC2. The summed E-state index contributed by atoms with van der Waals surface area (Å²) in [4.78, 5) is 0. The second-order valence-corrected chi connectivity index (χ2v) is 3.66. The van der Waals surface area contributed by atoms with Crippen LogP contribution in [-0.2, 0) is 0 Å². The largest absolute Gasteiger partial charge is 0.395 e. The summed E-state index contributed by atoms with van der Waals surface area (Å²) in [6.07, 6.45) is 5.34. The molecule has 3 heteroatoms. The van der Waals surface area contributed by atoms with Gasteiger partial charge in [0, 0.05) is 6.04 Å². The van der Waals surface area contributed by atoms with Crippen molar-refractivity contribution < 1.29 is 5.11 Å². The zero-order valence-corrected chi connectivity index (χ0v) is 7.49. The quantitative estimate of drug-likeness (QED) is 0.625. The molecule has 11 heavy (non-hydrogen) atoms. The van der Waals surface area contributed by atoms with Crippen molar-refractivity contribution in [2.75, 3.05) is 13.2 Å². The summed E-state index contributed by atoms with van der Waals surface area (Å²) in [6.45, 7) is 1.45. The summed E-state index contributed by atoms with van der Waals surface area (Å²) < 4.78 is 0. The van der Waals surface area contributed by atoms with Gasteiger partial charge < -0.3 is 10.4 Å². The average molecular weight is 178 g/mol. The fourth-order valence-corrected chi connectivity index (χ4v) is 2.37. The van der Waals surface area contributed by atoms with Crippen molar-refractivity contribution in [3.8, 4) is 0 Å². The molecule has 1 spiro atoms. The van der Waals surface area contributed by atoms with Crippen LogP contribution in [0.5, 0.6) is 0 Å². The molecule has 2 N–H and O–H groups in total. The maximum atomic E-state index is 9.00. The third-order valence-corrected chi connectivity index (χ3v) is 3.28. The summed E-state index contributed by atoms with van der Waals surface area (Å²) in [6, 6.07) is 0.418. The molecule has 0 bridgehead atoms. The fourth-order valence-electron chi connectivity index (χ4n) is 2.37. The highest BCUT2D eigenvalue weighted by Crippen LogP contribution is 2.48. The number of hydrogen-bond acceptors (Lipinski definition) is 2. The van der Waals surface area contributed by atoms with Gasteiger partial charge in [0.25, 0.3) is 0 Å². The molecule has 2 aliphatic rings. The number of rotatable bonds is 1. The molecule has 0 aromatic heterocycles. The lowest BCUT2D eigenvalue weighted by molar-refractivity contribution is 0.0759. The van der Waals surface area contributed by atoms with Gasteiger partial charge in [0.15, 0.2) is 0 Å². The molecule has 2 rings (SSSR count). The molecule has 1 atom stereocenters. The highest BCUT2D eigenvalue weighted by atomic mass is 35.5. The van der Waals surface area contributed by atoms with E-state index in [0.717, 1.165) is 6.54 Å². The van der Waals surface area contributed by atoms with Crippen LogP contribution in [0.4, 0.5) is 0 Å². The normalized spacial score (nSPS) is 33.0. The first-order valence-electron chi connectivity index (χ1n) is 4.22. The molecule has 0 aromatic carbocycles. The van der Waals surface area contributed by atoms with Gasteiger partial charge in [0.2, 0.25) is 0 Å². The Labute approximate surface area is 73.8 Å². The number of aliphatic hydroxyl groups is 1. The van der Waals surface area contributed by atoms with Crippen LogP contribution in [0.25, 0.3) is 0 Å². The van der Waals surface area contributed by atoms with Crippen molar-refractivity contribution >= 4 is 12.4 Å². The summed E-state index contributed by atoms with van der Waals surface area (Å²) in [5, 5.41) is 12.4. The Morgan fingerprint density at radius 1 is 1.36 bits per heavy atom. The van der Waals surface area contributed by atoms with Crippen LogP contribution >= 0.6 is 12.4 Å². The van der Waals surface area contributed by atoms with E-state index in [1.54, 1.807) is 0 Å². The van der Waals surface area contributed by atoms with Gasteiger partial charge in [0.1, 0.15) is 0 Å². The van der Waals surface area contributed by atoms with E-state index in [4.69, 9.17) is 5.11 Å². The Bertz CT molecular complexity index is 136. The minimum Gasteiger partial charge on any atom is -0.395 e. The molecule has 2 nitrogen and oxygen atoms in total. The molecular formula is C8H16ClNO. The second-order valence-electron chi connectivity index (χ2n) is 3.66. The number of nitrogens with one attached hydrogen (secondary N) is 1. The van der Waals surface area contributed by atoms with Crippen LogP contribution in [0.3, 0.4) is 0 Å². The Balaban J connectivity index is 0.000000605. The van der Waals surface area contributed by atoms with E-state index in [-0.39, 0.29) is 12.4 Å². The minimum atomic E-state index is 0. The molecule has 1 aliphatic heterocycles. The molecule has 1 heterocycles. The van der Waals surface area contributed by atoms with Crippen molar-refractivity contribution in [1.82, 2.24) is 5.32 Å². The maximum absolute atomic E-state index is 9.00. The van der Waals surface area contributed by atoms with E-state index in [9.17, 15) is 0 Å². The summed E-state index contributed by atoms with van der Waals surface area (Å²) in [5.41, 5.74) is 0.523. The van der Waals surface area contributed by atoms with E-state index in [0.29, 0.717) is 18.1 Å². The fraction of sp³-hybridized carbons (Fsp3) is 1.00. The Morgan fingerprint density at radius 2 is 2.09 bits per heavy atom. The predicted octanol–water partition coefficient (Wildman–Crippen LogP) is 0.933. The zero-order valence-electron chi connectivity index (χ0n) is 6.68. The van der Waals surface area contributed by atoms with Crippen molar-refractivity contribution in [1.29, 1.82) is 0 Å². The topological polar surface area (TPSA) is 32.3 Å². The first kappa shape index (κ1) is 9.30. The number of hydrogen-bond donors (Lipinski definition) is 2. The smallest absolute Gasteiger partial charge is 0.0590 e. The molecule has 1 saturated carbocycles. The molecule has 1 aliphatic carbocycles. The molecule has 0 aromatic rings. The molecule has 1 saturated heterocycles. The van der Waals surface area contributed by atoms with Gasteiger partial charge in [-0.3, -0.25) is 0 Å². The molecule has 1 unspecified atom stereocenters. The Kier molecular flexibility index (Phi) is 2.79. The van der Waals surface area contributed by atoms with Crippen LogP contribution < -0.4 is 5.32 Å². The van der Waals surface area contributed by atoms with Gasteiger partial charge in [0.05, 0.1) is 6.61 Å². The van der Waals surface area contributed by atoms with Gasteiger partial charge >= 0.3 is 0 Å². The number of halogens is 1. The first-order chi connectivity index (χ1) is 4.87. The summed E-state index contributed by atoms with van der Waals surface area (Å²) >= 11 is 0.